The number of aryl methyl sites for hydroxylation is 1. The number of nitrogens with one attached hydrogen (secondary N) is 1. The number of nitrogens with zero attached hydrogens (tertiary/aromatic N) is 2. The summed E-state index contributed by atoms with van der Waals surface area (Å²) in [5.74, 6) is -0.455. The van der Waals surface area contributed by atoms with Gasteiger partial charge in [0, 0.05) is 12.1 Å². The van der Waals surface area contributed by atoms with E-state index in [4.69, 9.17) is 4.74 Å². The summed E-state index contributed by atoms with van der Waals surface area (Å²) in [6.07, 6.45) is 0.868. The Labute approximate surface area is 244 Å². The molecule has 0 saturated heterocycles. The maximum Gasteiger partial charge on any atom is 0.264 e. The van der Waals surface area contributed by atoms with E-state index in [1.165, 1.54) is 24.1 Å². The number of anilines is 1. The molecule has 0 aliphatic heterocycles. The molecule has 0 saturated carbocycles. The van der Waals surface area contributed by atoms with Crippen molar-refractivity contribution in [3.05, 3.63) is 90.0 Å². The Balaban J connectivity index is 2.08. The first-order chi connectivity index (χ1) is 19.4. The molecule has 0 aliphatic rings. The third kappa shape index (κ3) is 8.33. The standard InChI is InChI=1S/C32H41N3O5S/c1-7-27(31(37)33-32(3,4)5)34(21-20-25-14-10-8-11-15-25)30(36)23-35(28-22-24(2)18-19-29(28)40-6)41(38,39)26-16-12-9-13-17-26/h8-19,22,27H,7,20-21,23H2,1-6H3,(H,33,37). The van der Waals surface area contributed by atoms with Gasteiger partial charge in [0.2, 0.25) is 11.8 Å². The maximum atomic E-state index is 14.2. The van der Waals surface area contributed by atoms with Crippen molar-refractivity contribution in [2.45, 2.75) is 63.9 Å². The molecule has 3 aromatic rings. The summed E-state index contributed by atoms with van der Waals surface area (Å²) in [5.41, 5.74) is 1.56. The predicted molar refractivity (Wildman–Crippen MR) is 163 cm³/mol. The lowest BCUT2D eigenvalue weighted by Crippen LogP contribution is -2.56. The SMILES string of the molecule is CCC(C(=O)NC(C)(C)C)N(CCc1ccccc1)C(=O)CN(c1cc(C)ccc1OC)S(=O)(=O)c1ccccc1. The first-order valence-corrected chi connectivity index (χ1v) is 15.2. The Morgan fingerprint density at radius 3 is 2.12 bits per heavy atom. The number of hydrogen-bond acceptors (Lipinski definition) is 5. The monoisotopic (exact) mass is 579 g/mol. The first-order valence-electron chi connectivity index (χ1n) is 13.7. The molecule has 0 spiro atoms. The van der Waals surface area contributed by atoms with Crippen LogP contribution in [0.5, 0.6) is 5.75 Å². The summed E-state index contributed by atoms with van der Waals surface area (Å²) in [6, 6.07) is 22.1. The number of carbonyl (C=O) groups is 2. The van der Waals surface area contributed by atoms with Crippen LogP contribution >= 0.6 is 0 Å². The van der Waals surface area contributed by atoms with Crippen LogP contribution in [0.25, 0.3) is 0 Å². The molecule has 0 aromatic heterocycles. The summed E-state index contributed by atoms with van der Waals surface area (Å²) < 4.78 is 34.7. The van der Waals surface area contributed by atoms with Gasteiger partial charge in [-0.2, -0.15) is 0 Å². The second-order valence-electron chi connectivity index (χ2n) is 11.0. The van der Waals surface area contributed by atoms with Gasteiger partial charge in [-0.25, -0.2) is 8.42 Å². The predicted octanol–water partition coefficient (Wildman–Crippen LogP) is 4.96. The zero-order valence-electron chi connectivity index (χ0n) is 24.8. The zero-order chi connectivity index (χ0) is 30.2. The van der Waals surface area contributed by atoms with Crippen molar-refractivity contribution in [1.82, 2.24) is 10.2 Å². The fourth-order valence-electron chi connectivity index (χ4n) is 4.58. The molecular formula is C32H41N3O5S. The van der Waals surface area contributed by atoms with Gasteiger partial charge in [0.15, 0.2) is 0 Å². The van der Waals surface area contributed by atoms with Gasteiger partial charge in [-0.1, -0.05) is 61.5 Å². The lowest BCUT2D eigenvalue weighted by Gasteiger charge is -2.35. The van der Waals surface area contributed by atoms with Crippen molar-refractivity contribution in [2.75, 3.05) is 24.5 Å². The highest BCUT2D eigenvalue weighted by Gasteiger charge is 2.35. The van der Waals surface area contributed by atoms with Crippen LogP contribution in [-0.2, 0) is 26.0 Å². The molecule has 1 unspecified atom stereocenters. The highest BCUT2D eigenvalue weighted by Crippen LogP contribution is 2.33. The lowest BCUT2D eigenvalue weighted by molar-refractivity contribution is -0.140. The molecule has 0 fully saturated rings. The Bertz CT molecular complexity index is 1420. The first kappa shape index (κ1) is 31.7. The smallest absolute Gasteiger partial charge is 0.264 e. The summed E-state index contributed by atoms with van der Waals surface area (Å²) >= 11 is 0. The van der Waals surface area contributed by atoms with Crippen LogP contribution in [0.2, 0.25) is 0 Å². The van der Waals surface area contributed by atoms with Gasteiger partial charge in [-0.3, -0.25) is 13.9 Å². The molecule has 41 heavy (non-hydrogen) atoms. The summed E-state index contributed by atoms with van der Waals surface area (Å²) in [4.78, 5) is 29.1. The van der Waals surface area contributed by atoms with E-state index in [1.54, 1.807) is 30.3 Å². The average molecular weight is 580 g/mol. The number of sulfonamides is 1. The van der Waals surface area contributed by atoms with Crippen LogP contribution < -0.4 is 14.4 Å². The maximum absolute atomic E-state index is 14.2. The molecule has 1 atom stereocenters. The van der Waals surface area contributed by atoms with Gasteiger partial charge >= 0.3 is 0 Å². The van der Waals surface area contributed by atoms with E-state index in [9.17, 15) is 18.0 Å². The van der Waals surface area contributed by atoms with E-state index < -0.39 is 34.1 Å². The average Bonchev–Trinajstić information content (AvgIpc) is 2.93. The molecule has 2 amide bonds. The molecule has 0 bridgehead atoms. The van der Waals surface area contributed by atoms with Crippen LogP contribution in [0.3, 0.4) is 0 Å². The molecule has 8 nitrogen and oxygen atoms in total. The quantitative estimate of drug-likeness (QED) is 0.327. The van der Waals surface area contributed by atoms with Crippen molar-refractivity contribution < 1.29 is 22.7 Å². The third-order valence-corrected chi connectivity index (χ3v) is 8.36. The fourth-order valence-corrected chi connectivity index (χ4v) is 6.01. The molecule has 0 radical (unpaired) electrons. The minimum Gasteiger partial charge on any atom is -0.495 e. The summed E-state index contributed by atoms with van der Waals surface area (Å²) in [6.45, 7) is 9.06. The van der Waals surface area contributed by atoms with Gasteiger partial charge in [0.25, 0.3) is 10.0 Å². The molecule has 0 aliphatic carbocycles. The van der Waals surface area contributed by atoms with Crippen LogP contribution in [0.1, 0.15) is 45.2 Å². The Morgan fingerprint density at radius 1 is 0.951 bits per heavy atom. The van der Waals surface area contributed by atoms with E-state index in [-0.39, 0.29) is 23.0 Å². The van der Waals surface area contributed by atoms with E-state index in [1.807, 2.05) is 71.0 Å². The minimum absolute atomic E-state index is 0.0460. The summed E-state index contributed by atoms with van der Waals surface area (Å²) in [5, 5.41) is 2.99. The van der Waals surface area contributed by atoms with Gasteiger partial charge in [-0.15, -0.1) is 0 Å². The molecule has 3 rings (SSSR count). The minimum atomic E-state index is -4.18. The number of rotatable bonds is 12. The van der Waals surface area contributed by atoms with Gasteiger partial charge in [0.1, 0.15) is 18.3 Å². The highest BCUT2D eigenvalue weighted by atomic mass is 32.2. The van der Waals surface area contributed by atoms with E-state index in [0.29, 0.717) is 18.6 Å². The fraction of sp³-hybridized carbons (Fsp3) is 0.375. The van der Waals surface area contributed by atoms with Crippen molar-refractivity contribution in [1.29, 1.82) is 0 Å². The highest BCUT2D eigenvalue weighted by molar-refractivity contribution is 7.92. The van der Waals surface area contributed by atoms with Crippen LogP contribution in [0.4, 0.5) is 5.69 Å². The van der Waals surface area contributed by atoms with Crippen LogP contribution in [0, 0.1) is 6.92 Å². The van der Waals surface area contributed by atoms with Gasteiger partial charge in [-0.05, 0) is 75.9 Å². The topological polar surface area (TPSA) is 96.0 Å². The zero-order valence-corrected chi connectivity index (χ0v) is 25.6. The molecule has 9 heteroatoms. The number of amides is 2. The van der Waals surface area contributed by atoms with Gasteiger partial charge in [0.05, 0.1) is 17.7 Å². The molecule has 0 heterocycles. The Hall–Kier alpha value is -3.85. The largest absolute Gasteiger partial charge is 0.495 e. The molecule has 3 aromatic carbocycles. The van der Waals surface area contributed by atoms with E-state index in [2.05, 4.69) is 5.32 Å². The third-order valence-electron chi connectivity index (χ3n) is 6.58. The van der Waals surface area contributed by atoms with Crippen LogP contribution in [-0.4, -0.2) is 56.9 Å². The van der Waals surface area contributed by atoms with Crippen molar-refractivity contribution in [3.8, 4) is 5.75 Å². The number of carbonyl (C=O) groups excluding carboxylic acids is 2. The molecular weight excluding hydrogens is 538 g/mol. The van der Waals surface area contributed by atoms with Crippen molar-refractivity contribution in [2.24, 2.45) is 0 Å². The number of ether oxygens (including phenoxy) is 1. The van der Waals surface area contributed by atoms with Gasteiger partial charge < -0.3 is 15.0 Å². The van der Waals surface area contributed by atoms with Crippen molar-refractivity contribution >= 4 is 27.5 Å². The van der Waals surface area contributed by atoms with Crippen LogP contribution in [0.15, 0.2) is 83.8 Å². The number of methoxy groups -OCH3 is 1. The summed E-state index contributed by atoms with van der Waals surface area (Å²) in [7, 11) is -2.72. The normalized spacial score (nSPS) is 12.3. The van der Waals surface area contributed by atoms with E-state index >= 15 is 0 Å². The van der Waals surface area contributed by atoms with E-state index in [0.717, 1.165) is 15.4 Å². The lowest BCUT2D eigenvalue weighted by atomic mass is 10.1. The Morgan fingerprint density at radius 2 is 1.56 bits per heavy atom. The Kier molecular flexibility index (Phi) is 10.6. The number of benzene rings is 3. The number of hydrogen-bond donors (Lipinski definition) is 1. The van der Waals surface area contributed by atoms with Crippen molar-refractivity contribution in [3.63, 3.8) is 0 Å². The second kappa shape index (κ2) is 13.7. The second-order valence-corrected chi connectivity index (χ2v) is 12.8. The molecule has 1 N–H and O–H groups in total. The molecule has 220 valence electrons.